The predicted molar refractivity (Wildman–Crippen MR) is 99.6 cm³/mol. The highest BCUT2D eigenvalue weighted by Crippen LogP contribution is 2.35. The van der Waals surface area contributed by atoms with Crippen LogP contribution in [0.5, 0.6) is 0 Å². The van der Waals surface area contributed by atoms with Crippen molar-refractivity contribution in [2.24, 2.45) is 5.73 Å². The Kier molecular flexibility index (Phi) is 5.55. The van der Waals surface area contributed by atoms with Crippen molar-refractivity contribution in [1.82, 2.24) is 19.7 Å². The summed E-state index contributed by atoms with van der Waals surface area (Å²) in [6.45, 7) is 2.02. The Morgan fingerprint density at radius 3 is 3.00 bits per heavy atom. The molecule has 0 fully saturated rings. The molecule has 1 aliphatic rings. The molecule has 2 aromatic rings. The van der Waals surface area contributed by atoms with E-state index in [0.717, 1.165) is 11.3 Å². The summed E-state index contributed by atoms with van der Waals surface area (Å²) in [5, 5.41) is 27.1. The van der Waals surface area contributed by atoms with Crippen LogP contribution < -0.4 is 11.1 Å². The van der Waals surface area contributed by atoms with Crippen molar-refractivity contribution in [3.8, 4) is 11.3 Å². The summed E-state index contributed by atoms with van der Waals surface area (Å²) in [7, 11) is 0. The summed E-state index contributed by atoms with van der Waals surface area (Å²) >= 11 is 6.10. The average Bonchev–Trinajstić information content (AvgIpc) is 3.05. The monoisotopic (exact) mass is 376 g/mol. The lowest BCUT2D eigenvalue weighted by atomic mass is 9.92. The number of allylic oxidation sites excluding steroid dienone is 4. The second-order valence-electron chi connectivity index (χ2n) is 6.14. The molecule has 0 bridgehead atoms. The van der Waals surface area contributed by atoms with Crippen molar-refractivity contribution in [1.29, 1.82) is 0 Å². The van der Waals surface area contributed by atoms with E-state index in [1.807, 2.05) is 19.2 Å². The Bertz CT molecular complexity index is 848. The van der Waals surface area contributed by atoms with Crippen molar-refractivity contribution in [2.75, 3.05) is 11.9 Å². The third-order valence-electron chi connectivity index (χ3n) is 4.00. The van der Waals surface area contributed by atoms with Crippen molar-refractivity contribution in [3.63, 3.8) is 0 Å². The van der Waals surface area contributed by atoms with Crippen LogP contribution in [0.25, 0.3) is 11.3 Å². The number of halogens is 1. The van der Waals surface area contributed by atoms with Gasteiger partial charge in [0.2, 0.25) is 5.95 Å². The highest BCUT2D eigenvalue weighted by atomic mass is 35.5. The van der Waals surface area contributed by atoms with Gasteiger partial charge in [0.25, 0.3) is 0 Å². The lowest BCUT2D eigenvalue weighted by molar-refractivity contribution is 0.281. The van der Waals surface area contributed by atoms with Crippen LogP contribution in [0.1, 0.15) is 25.0 Å². The number of aliphatic hydroxyl groups is 2. The number of hydrogen-bond acceptors (Lipinski definition) is 7. The highest BCUT2D eigenvalue weighted by molar-refractivity contribution is 6.31. The number of rotatable bonds is 6. The Labute approximate surface area is 156 Å². The van der Waals surface area contributed by atoms with Crippen LogP contribution in [0.4, 0.5) is 5.95 Å². The zero-order valence-corrected chi connectivity index (χ0v) is 15.1. The molecule has 2 heterocycles. The molecule has 0 aromatic carbocycles. The lowest BCUT2D eigenvalue weighted by Crippen LogP contribution is -2.20. The second-order valence-corrected chi connectivity index (χ2v) is 6.58. The maximum Gasteiger partial charge on any atom is 0.223 e. The van der Waals surface area contributed by atoms with Crippen LogP contribution in [-0.2, 0) is 6.67 Å². The Morgan fingerprint density at radius 1 is 1.50 bits per heavy atom. The fourth-order valence-corrected chi connectivity index (χ4v) is 3.04. The molecule has 2 aromatic heterocycles. The largest absolute Gasteiger partial charge is 0.512 e. The number of aliphatic hydroxyl groups excluding tert-OH is 2. The fraction of sp³-hybridized carbons (Fsp3) is 0.353. The van der Waals surface area contributed by atoms with Crippen LogP contribution in [0, 0.1) is 0 Å². The molecular formula is C17H21ClN6O2. The van der Waals surface area contributed by atoms with E-state index in [0.29, 0.717) is 23.1 Å². The minimum absolute atomic E-state index is 0.0269. The van der Waals surface area contributed by atoms with Gasteiger partial charge in [0.15, 0.2) is 0 Å². The van der Waals surface area contributed by atoms with E-state index >= 15 is 0 Å². The Balaban J connectivity index is 1.99. The van der Waals surface area contributed by atoms with Gasteiger partial charge in [-0.25, -0.2) is 9.97 Å². The first-order chi connectivity index (χ1) is 12.5. The summed E-state index contributed by atoms with van der Waals surface area (Å²) in [5.74, 6) is 0.436. The van der Waals surface area contributed by atoms with Crippen LogP contribution in [0.3, 0.4) is 0 Å². The Morgan fingerprint density at radius 2 is 2.31 bits per heavy atom. The van der Waals surface area contributed by atoms with Crippen LogP contribution >= 0.6 is 11.6 Å². The van der Waals surface area contributed by atoms with Gasteiger partial charge in [0.1, 0.15) is 0 Å². The number of aromatic nitrogens is 4. The molecule has 0 amide bonds. The van der Waals surface area contributed by atoms with Crippen molar-refractivity contribution >= 4 is 17.5 Å². The van der Waals surface area contributed by atoms with Crippen LogP contribution in [0.15, 0.2) is 41.4 Å². The standard InChI is InChI=1S/C17H21ClN6O2/c1-10(8-25)21-17-20-3-2-15(22-17)14-7-24(9-19)23-16(14)11-4-12(18)6-13(26)5-11/h2-4,6-7,10-11,25-26H,5,8-9,19H2,1H3,(H,20,21,22)/t10-,11?/m0/s1. The fourth-order valence-electron chi connectivity index (χ4n) is 2.76. The van der Waals surface area contributed by atoms with E-state index in [-0.39, 0.29) is 31.0 Å². The molecule has 1 unspecified atom stereocenters. The summed E-state index contributed by atoms with van der Waals surface area (Å²) in [4.78, 5) is 8.69. The van der Waals surface area contributed by atoms with Crippen LogP contribution in [-0.4, -0.2) is 42.6 Å². The number of nitrogens with one attached hydrogen (secondary N) is 1. The molecular weight excluding hydrogens is 356 g/mol. The van der Waals surface area contributed by atoms with Gasteiger partial charge in [-0.2, -0.15) is 5.10 Å². The number of anilines is 1. The maximum atomic E-state index is 9.92. The van der Waals surface area contributed by atoms with E-state index < -0.39 is 0 Å². The van der Waals surface area contributed by atoms with Gasteiger partial charge < -0.3 is 21.3 Å². The van der Waals surface area contributed by atoms with E-state index in [2.05, 4.69) is 20.4 Å². The van der Waals surface area contributed by atoms with Crippen molar-refractivity contribution in [2.45, 2.75) is 32.0 Å². The lowest BCUT2D eigenvalue weighted by Gasteiger charge is -2.16. The van der Waals surface area contributed by atoms with E-state index in [1.165, 1.54) is 6.08 Å². The van der Waals surface area contributed by atoms with Gasteiger partial charge in [-0.05, 0) is 19.1 Å². The summed E-state index contributed by atoms with van der Waals surface area (Å²) in [6.07, 6.45) is 7.23. The molecule has 8 nitrogen and oxygen atoms in total. The third-order valence-corrected chi connectivity index (χ3v) is 4.24. The molecule has 5 N–H and O–H groups in total. The second kappa shape index (κ2) is 7.86. The molecule has 1 aliphatic carbocycles. The maximum absolute atomic E-state index is 9.92. The summed E-state index contributed by atoms with van der Waals surface area (Å²) in [5.41, 5.74) is 7.92. The van der Waals surface area contributed by atoms with Gasteiger partial charge in [-0.3, -0.25) is 4.68 Å². The van der Waals surface area contributed by atoms with Crippen LogP contribution in [0.2, 0.25) is 0 Å². The topological polar surface area (TPSA) is 122 Å². The summed E-state index contributed by atoms with van der Waals surface area (Å²) < 4.78 is 1.62. The van der Waals surface area contributed by atoms with Crippen molar-refractivity contribution < 1.29 is 10.2 Å². The number of hydrogen-bond donors (Lipinski definition) is 4. The number of nitrogens with zero attached hydrogens (tertiary/aromatic N) is 4. The van der Waals surface area contributed by atoms with E-state index in [9.17, 15) is 10.2 Å². The normalized spacial score (nSPS) is 18.2. The molecule has 26 heavy (non-hydrogen) atoms. The van der Waals surface area contributed by atoms with E-state index in [4.69, 9.17) is 17.3 Å². The average molecular weight is 377 g/mol. The van der Waals surface area contributed by atoms with Gasteiger partial charge in [0.05, 0.1) is 30.4 Å². The minimum Gasteiger partial charge on any atom is -0.512 e. The molecule has 3 rings (SSSR count). The van der Waals surface area contributed by atoms with E-state index in [1.54, 1.807) is 16.9 Å². The zero-order valence-electron chi connectivity index (χ0n) is 14.3. The van der Waals surface area contributed by atoms with Crippen molar-refractivity contribution in [3.05, 3.63) is 47.1 Å². The molecule has 9 heteroatoms. The number of nitrogens with two attached hydrogens (primary N) is 1. The SMILES string of the molecule is C[C@@H](CO)Nc1nccc(-c2cn(CN)nc2C2C=C(Cl)C=C(O)C2)n1. The smallest absolute Gasteiger partial charge is 0.223 e. The molecule has 0 spiro atoms. The zero-order chi connectivity index (χ0) is 18.7. The van der Waals surface area contributed by atoms with Gasteiger partial charge in [0, 0.05) is 41.4 Å². The highest BCUT2D eigenvalue weighted by Gasteiger charge is 2.24. The van der Waals surface area contributed by atoms with Gasteiger partial charge in [-0.1, -0.05) is 17.7 Å². The van der Waals surface area contributed by atoms with Gasteiger partial charge in [-0.15, -0.1) is 0 Å². The Hall–Kier alpha value is -2.42. The predicted octanol–water partition coefficient (Wildman–Crippen LogP) is 2.10. The minimum atomic E-state index is -0.182. The quantitative estimate of drug-likeness (QED) is 0.608. The third kappa shape index (κ3) is 4.04. The first kappa shape index (κ1) is 18.4. The molecule has 0 saturated carbocycles. The molecule has 0 radical (unpaired) electrons. The molecule has 2 atom stereocenters. The molecule has 0 aliphatic heterocycles. The first-order valence-electron chi connectivity index (χ1n) is 8.25. The molecule has 138 valence electrons. The summed E-state index contributed by atoms with van der Waals surface area (Å²) in [6, 6.07) is 1.61. The first-order valence-corrected chi connectivity index (χ1v) is 8.63. The molecule has 0 saturated heterocycles. The van der Waals surface area contributed by atoms with Gasteiger partial charge >= 0.3 is 0 Å².